The second kappa shape index (κ2) is 10.0. The van der Waals surface area contributed by atoms with E-state index in [-0.39, 0.29) is 17.7 Å². The average molecular weight is 393 g/mol. The maximum absolute atomic E-state index is 13.8. The molecule has 0 aliphatic heterocycles. The average Bonchev–Trinajstić information content (AvgIpc) is 2.64. The fourth-order valence-corrected chi connectivity index (χ4v) is 4.60. The predicted molar refractivity (Wildman–Crippen MR) is 108 cm³/mol. The van der Waals surface area contributed by atoms with Crippen molar-refractivity contribution < 1.29 is 18.0 Å². The molecule has 0 aromatic heterocycles. The minimum absolute atomic E-state index is 0.201. The number of hydrogen-bond donors (Lipinski definition) is 1. The van der Waals surface area contributed by atoms with Crippen LogP contribution in [0.5, 0.6) is 0 Å². The molecule has 27 heavy (non-hydrogen) atoms. The number of halogens is 1. The molecule has 0 saturated heterocycles. The van der Waals surface area contributed by atoms with E-state index in [4.69, 9.17) is 9.05 Å². The quantitative estimate of drug-likeness (QED) is 0.470. The van der Waals surface area contributed by atoms with Crippen LogP contribution in [0.3, 0.4) is 0 Å². The van der Waals surface area contributed by atoms with Gasteiger partial charge in [-0.15, -0.1) is 0 Å². The molecule has 1 N–H and O–H groups in total. The molecule has 2 rings (SSSR count). The summed E-state index contributed by atoms with van der Waals surface area (Å²) >= 11 is 0. The van der Waals surface area contributed by atoms with Gasteiger partial charge in [0.15, 0.2) is 5.78 Å². The zero-order chi connectivity index (χ0) is 19.9. The minimum Gasteiger partial charge on any atom is -0.368 e. The third-order valence-corrected chi connectivity index (χ3v) is 5.83. The van der Waals surface area contributed by atoms with Crippen molar-refractivity contribution in [1.82, 2.24) is 0 Å². The Morgan fingerprint density at radius 2 is 1.41 bits per heavy atom. The molecule has 0 aliphatic rings. The topological polar surface area (TPSA) is 47.6 Å². The van der Waals surface area contributed by atoms with Crippen LogP contribution in [0.2, 0.25) is 0 Å². The second-order valence-electron chi connectivity index (χ2n) is 7.38. The normalized spacial score (nSPS) is 13.1. The van der Waals surface area contributed by atoms with Crippen LogP contribution in [-0.4, -0.2) is 13.2 Å². The van der Waals surface area contributed by atoms with Gasteiger partial charge in [-0.05, 0) is 41.7 Å². The van der Waals surface area contributed by atoms with E-state index in [1.54, 1.807) is 12.1 Å². The Morgan fingerprint density at radius 3 is 1.89 bits per heavy atom. The third kappa shape index (κ3) is 6.76. The van der Waals surface area contributed by atoms with Crippen molar-refractivity contribution in [2.75, 3.05) is 18.5 Å². The van der Waals surface area contributed by atoms with Crippen molar-refractivity contribution in [3.8, 4) is 0 Å². The first-order valence-corrected chi connectivity index (χ1v) is 10.9. The monoisotopic (exact) mass is 393 g/mol. The van der Waals surface area contributed by atoms with Crippen LogP contribution in [0.4, 0.5) is 10.1 Å². The molecule has 2 aromatic carbocycles. The molecule has 0 bridgehead atoms. The summed E-state index contributed by atoms with van der Waals surface area (Å²) in [5.41, 5.74) is 1.43. The summed E-state index contributed by atoms with van der Waals surface area (Å²) in [6, 6.07) is 15.4. The molecule has 0 heterocycles. The van der Waals surface area contributed by atoms with E-state index in [9.17, 15) is 8.96 Å². The summed E-state index contributed by atoms with van der Waals surface area (Å²) in [7, 11) is -3.57. The summed E-state index contributed by atoms with van der Waals surface area (Å²) in [6.45, 7) is 8.58. The van der Waals surface area contributed by atoms with Gasteiger partial charge in [0.25, 0.3) is 0 Å². The van der Waals surface area contributed by atoms with E-state index in [1.807, 2.05) is 58.0 Å². The Hall–Kier alpha value is -1.68. The van der Waals surface area contributed by atoms with Gasteiger partial charge in [-0.25, -0.2) is 4.39 Å². The smallest absolute Gasteiger partial charge is 0.357 e. The van der Waals surface area contributed by atoms with Gasteiger partial charge in [0, 0.05) is 5.69 Å². The number of para-hydroxylation sites is 1. The summed E-state index contributed by atoms with van der Waals surface area (Å²) in [6.07, 6.45) is 0. The Bertz CT molecular complexity index is 719. The Balaban J connectivity index is 2.40. The fourth-order valence-electron chi connectivity index (χ4n) is 2.37. The van der Waals surface area contributed by atoms with Crippen LogP contribution in [-0.2, 0) is 13.6 Å². The van der Waals surface area contributed by atoms with Gasteiger partial charge in [0.1, 0.15) is 5.82 Å². The fraction of sp³-hybridized carbons (Fsp3) is 0.429. The number of rotatable bonds is 10. The molecule has 6 heteroatoms. The largest absolute Gasteiger partial charge is 0.368 e. The predicted octanol–water partition coefficient (Wildman–Crippen LogP) is 6.47. The molecular weight excluding hydrogens is 364 g/mol. The van der Waals surface area contributed by atoms with E-state index in [0.29, 0.717) is 18.8 Å². The Labute approximate surface area is 161 Å². The molecule has 1 unspecified atom stereocenters. The Kier molecular flexibility index (Phi) is 8.03. The van der Waals surface area contributed by atoms with E-state index in [1.165, 1.54) is 12.1 Å². The molecule has 0 spiro atoms. The lowest BCUT2D eigenvalue weighted by Crippen LogP contribution is -2.18. The van der Waals surface area contributed by atoms with E-state index in [0.717, 1.165) is 5.69 Å². The van der Waals surface area contributed by atoms with Crippen molar-refractivity contribution in [3.63, 3.8) is 0 Å². The van der Waals surface area contributed by atoms with Gasteiger partial charge in [-0.3, -0.25) is 4.57 Å². The van der Waals surface area contributed by atoms with Crippen LogP contribution >= 0.6 is 7.60 Å². The van der Waals surface area contributed by atoms with Crippen LogP contribution in [0.1, 0.15) is 39.0 Å². The third-order valence-electron chi connectivity index (χ3n) is 3.75. The summed E-state index contributed by atoms with van der Waals surface area (Å²) < 4.78 is 38.9. The van der Waals surface area contributed by atoms with Gasteiger partial charge >= 0.3 is 7.60 Å². The summed E-state index contributed by atoms with van der Waals surface area (Å²) in [4.78, 5) is 0. The lowest BCUT2D eigenvalue weighted by molar-refractivity contribution is 0.168. The molecule has 0 amide bonds. The maximum atomic E-state index is 13.8. The van der Waals surface area contributed by atoms with Crippen LogP contribution in [0.15, 0.2) is 54.6 Å². The molecule has 0 saturated carbocycles. The number of anilines is 1. The van der Waals surface area contributed by atoms with Crippen molar-refractivity contribution in [3.05, 3.63) is 66.0 Å². The first-order chi connectivity index (χ1) is 12.8. The van der Waals surface area contributed by atoms with E-state index >= 15 is 0 Å². The molecule has 0 fully saturated rings. The minimum atomic E-state index is -3.57. The van der Waals surface area contributed by atoms with E-state index < -0.39 is 13.4 Å². The van der Waals surface area contributed by atoms with E-state index in [2.05, 4.69) is 5.32 Å². The molecule has 1 atom stereocenters. The number of hydrogen-bond acceptors (Lipinski definition) is 4. The SMILES string of the molecule is CC(C)COP(=O)(OCC(C)C)C(Nc1ccccc1)c1ccc(F)cc1. The highest BCUT2D eigenvalue weighted by Gasteiger charge is 2.38. The van der Waals surface area contributed by atoms with Crippen LogP contribution in [0, 0.1) is 17.7 Å². The lowest BCUT2D eigenvalue weighted by Gasteiger charge is -2.30. The standard InChI is InChI=1S/C21H29FNO3P/c1-16(2)14-25-27(24,26-15-17(3)4)21(18-10-12-19(22)13-11-18)23-20-8-6-5-7-9-20/h5-13,16-17,21,23H,14-15H2,1-4H3. The second-order valence-corrected chi connectivity index (χ2v) is 9.50. The van der Waals surface area contributed by atoms with Crippen molar-refractivity contribution in [2.45, 2.75) is 33.5 Å². The Morgan fingerprint density at radius 1 is 0.889 bits per heavy atom. The molecule has 148 valence electrons. The van der Waals surface area contributed by atoms with Gasteiger partial charge in [-0.1, -0.05) is 58.0 Å². The zero-order valence-electron chi connectivity index (χ0n) is 16.4. The van der Waals surface area contributed by atoms with Gasteiger partial charge in [0.2, 0.25) is 0 Å². The number of nitrogens with one attached hydrogen (secondary N) is 1. The van der Waals surface area contributed by atoms with Crippen molar-refractivity contribution >= 4 is 13.3 Å². The molecule has 4 nitrogen and oxygen atoms in total. The number of benzene rings is 2. The first-order valence-electron chi connectivity index (χ1n) is 9.26. The van der Waals surface area contributed by atoms with Gasteiger partial charge in [-0.2, -0.15) is 0 Å². The maximum Gasteiger partial charge on any atom is 0.357 e. The molecular formula is C21H29FNO3P. The summed E-state index contributed by atoms with van der Waals surface area (Å²) in [5.74, 6) is -0.686. The lowest BCUT2D eigenvalue weighted by atomic mass is 10.2. The van der Waals surface area contributed by atoms with Crippen LogP contribution in [0.25, 0.3) is 0 Å². The highest BCUT2D eigenvalue weighted by atomic mass is 31.2. The highest BCUT2D eigenvalue weighted by Crippen LogP contribution is 2.61. The molecule has 2 aromatic rings. The zero-order valence-corrected chi connectivity index (χ0v) is 17.3. The van der Waals surface area contributed by atoms with Crippen LogP contribution < -0.4 is 5.32 Å². The first kappa shape index (κ1) is 21.6. The van der Waals surface area contributed by atoms with Gasteiger partial charge in [0.05, 0.1) is 13.2 Å². The molecule has 0 radical (unpaired) electrons. The van der Waals surface area contributed by atoms with Gasteiger partial charge < -0.3 is 14.4 Å². The highest BCUT2D eigenvalue weighted by molar-refractivity contribution is 7.54. The van der Waals surface area contributed by atoms with Crippen molar-refractivity contribution in [1.29, 1.82) is 0 Å². The van der Waals surface area contributed by atoms with Crippen molar-refractivity contribution in [2.24, 2.45) is 11.8 Å². The summed E-state index contributed by atoms with van der Waals surface area (Å²) in [5, 5.41) is 3.27. The molecule has 0 aliphatic carbocycles.